The molecule has 4 rings (SSSR count). The van der Waals surface area contributed by atoms with Crippen molar-refractivity contribution in [3.63, 3.8) is 0 Å². The highest BCUT2D eigenvalue weighted by molar-refractivity contribution is 7.89. The van der Waals surface area contributed by atoms with E-state index in [0.29, 0.717) is 37.8 Å². The molecule has 8 heteroatoms. The van der Waals surface area contributed by atoms with Gasteiger partial charge in [0.25, 0.3) is 0 Å². The molecule has 1 N–H and O–H groups in total. The van der Waals surface area contributed by atoms with Crippen LogP contribution in [0, 0.1) is 5.92 Å². The monoisotopic (exact) mass is 421 g/mol. The van der Waals surface area contributed by atoms with Crippen LogP contribution in [-0.2, 0) is 14.8 Å². The van der Waals surface area contributed by atoms with Crippen LogP contribution in [0.25, 0.3) is 0 Å². The van der Waals surface area contributed by atoms with Gasteiger partial charge in [-0.3, -0.25) is 0 Å². The third-order valence-corrected chi connectivity index (χ3v) is 7.90. The third-order valence-electron chi connectivity index (χ3n) is 6.01. The number of carbonyl (C=O) groups excluding carboxylic acids is 1. The molecule has 2 unspecified atom stereocenters. The third kappa shape index (κ3) is 4.92. The summed E-state index contributed by atoms with van der Waals surface area (Å²) in [5.41, 5.74) is 0.507. The van der Waals surface area contributed by atoms with Gasteiger partial charge in [0.2, 0.25) is 10.0 Å². The second kappa shape index (κ2) is 8.62. The minimum atomic E-state index is -3.54. The Hall–Kier alpha value is -1.64. The summed E-state index contributed by atoms with van der Waals surface area (Å²) in [5, 5.41) is 2.89. The van der Waals surface area contributed by atoms with E-state index in [1.807, 2.05) is 6.92 Å². The number of ether oxygens (including phenoxy) is 1. The maximum atomic E-state index is 13.0. The van der Waals surface area contributed by atoms with Crippen LogP contribution in [-0.4, -0.2) is 62.0 Å². The number of nitrogens with zero attached hydrogens (tertiary/aromatic N) is 2. The molecule has 0 aromatic heterocycles. The Kier molecular flexibility index (Phi) is 6.13. The fraction of sp³-hybridized carbons (Fsp3) is 0.667. The molecule has 2 amide bonds. The summed E-state index contributed by atoms with van der Waals surface area (Å²) in [7, 11) is -3.54. The van der Waals surface area contributed by atoms with Gasteiger partial charge in [0.05, 0.1) is 17.1 Å². The molecular formula is C21H31N3O4S. The molecule has 3 aliphatic rings. The zero-order valence-electron chi connectivity index (χ0n) is 17.0. The second-order valence-corrected chi connectivity index (χ2v) is 10.4. The van der Waals surface area contributed by atoms with Gasteiger partial charge in [-0.05, 0) is 56.7 Å². The lowest BCUT2D eigenvalue weighted by Crippen LogP contribution is -2.51. The first-order valence-electron chi connectivity index (χ1n) is 10.7. The number of anilines is 1. The van der Waals surface area contributed by atoms with Crippen molar-refractivity contribution in [2.75, 3.05) is 31.5 Å². The van der Waals surface area contributed by atoms with Gasteiger partial charge in [0.1, 0.15) is 0 Å². The first-order chi connectivity index (χ1) is 13.9. The molecular weight excluding hydrogens is 390 g/mol. The number of hydrogen-bond donors (Lipinski definition) is 1. The highest BCUT2D eigenvalue weighted by atomic mass is 32.2. The first kappa shape index (κ1) is 20.6. The highest BCUT2D eigenvalue weighted by Gasteiger charge is 2.38. The van der Waals surface area contributed by atoms with Crippen LogP contribution in [0.3, 0.4) is 0 Å². The van der Waals surface area contributed by atoms with Gasteiger partial charge in [-0.25, -0.2) is 13.2 Å². The molecule has 2 atom stereocenters. The zero-order valence-corrected chi connectivity index (χ0v) is 17.9. The van der Waals surface area contributed by atoms with E-state index in [9.17, 15) is 13.2 Å². The van der Waals surface area contributed by atoms with Crippen LogP contribution in [0.2, 0.25) is 0 Å². The number of sulfonamides is 1. The molecule has 1 aromatic carbocycles. The molecule has 160 valence electrons. The number of rotatable bonds is 4. The van der Waals surface area contributed by atoms with Gasteiger partial charge >= 0.3 is 6.03 Å². The van der Waals surface area contributed by atoms with Crippen molar-refractivity contribution in [2.45, 2.75) is 62.6 Å². The number of morpholine rings is 1. The Morgan fingerprint density at radius 3 is 2.52 bits per heavy atom. The standard InChI is InChI=1S/C21H31N3O4S/c1-16-14-23(15-20(28-16)17-9-10-17)21(25)22-18-7-6-8-19(13-18)29(26,27)24-11-4-2-3-5-12-24/h6-8,13,16-17,20H,2-5,9-12,14-15H2,1H3,(H,22,25). The summed E-state index contributed by atoms with van der Waals surface area (Å²) in [6, 6.07) is 6.41. The van der Waals surface area contributed by atoms with E-state index in [0.717, 1.165) is 25.7 Å². The van der Waals surface area contributed by atoms with Crippen LogP contribution >= 0.6 is 0 Å². The molecule has 7 nitrogen and oxygen atoms in total. The van der Waals surface area contributed by atoms with E-state index < -0.39 is 10.0 Å². The average Bonchev–Trinajstić information content (AvgIpc) is 3.54. The molecule has 2 heterocycles. The van der Waals surface area contributed by atoms with E-state index in [2.05, 4.69) is 5.32 Å². The van der Waals surface area contributed by atoms with Crippen molar-refractivity contribution < 1.29 is 17.9 Å². The van der Waals surface area contributed by atoms with Gasteiger partial charge in [-0.1, -0.05) is 18.9 Å². The molecule has 1 saturated carbocycles. The van der Waals surface area contributed by atoms with E-state index in [1.54, 1.807) is 33.5 Å². The number of nitrogens with one attached hydrogen (secondary N) is 1. The van der Waals surface area contributed by atoms with Crippen molar-refractivity contribution in [3.05, 3.63) is 24.3 Å². The summed E-state index contributed by atoms with van der Waals surface area (Å²) < 4.78 is 33.6. The zero-order chi connectivity index (χ0) is 20.4. The predicted octanol–water partition coefficient (Wildman–Crippen LogP) is 3.28. The summed E-state index contributed by atoms with van der Waals surface area (Å²) in [6.45, 7) is 4.25. The minimum Gasteiger partial charge on any atom is -0.371 e. The van der Waals surface area contributed by atoms with Crippen molar-refractivity contribution >= 4 is 21.7 Å². The molecule has 1 aromatic rings. The van der Waals surface area contributed by atoms with Crippen LogP contribution in [0.15, 0.2) is 29.2 Å². The smallest absolute Gasteiger partial charge is 0.322 e. The molecule has 29 heavy (non-hydrogen) atoms. The molecule has 0 spiro atoms. The molecule has 2 saturated heterocycles. The molecule has 0 radical (unpaired) electrons. The predicted molar refractivity (Wildman–Crippen MR) is 111 cm³/mol. The topological polar surface area (TPSA) is 79.0 Å². The Labute approximate surface area is 173 Å². The van der Waals surface area contributed by atoms with E-state index in [4.69, 9.17) is 4.74 Å². The number of carbonyl (C=O) groups is 1. The van der Waals surface area contributed by atoms with E-state index in [-0.39, 0.29) is 23.1 Å². The van der Waals surface area contributed by atoms with Gasteiger partial charge in [-0.15, -0.1) is 0 Å². The average molecular weight is 422 g/mol. The fourth-order valence-corrected chi connectivity index (χ4v) is 5.81. The van der Waals surface area contributed by atoms with E-state index in [1.165, 1.54) is 12.8 Å². The second-order valence-electron chi connectivity index (χ2n) is 8.50. The van der Waals surface area contributed by atoms with Gasteiger partial charge in [-0.2, -0.15) is 4.31 Å². The molecule has 1 aliphatic carbocycles. The van der Waals surface area contributed by atoms with Gasteiger partial charge in [0, 0.05) is 31.9 Å². The van der Waals surface area contributed by atoms with Gasteiger partial charge < -0.3 is 15.0 Å². The number of urea groups is 1. The van der Waals surface area contributed by atoms with Crippen molar-refractivity contribution in [1.82, 2.24) is 9.21 Å². The lowest BCUT2D eigenvalue weighted by molar-refractivity contribution is -0.0717. The lowest BCUT2D eigenvalue weighted by atomic mass is 10.1. The Balaban J connectivity index is 1.45. The highest BCUT2D eigenvalue weighted by Crippen LogP contribution is 2.36. The summed E-state index contributed by atoms with van der Waals surface area (Å²) >= 11 is 0. The molecule has 2 aliphatic heterocycles. The molecule has 0 bridgehead atoms. The Morgan fingerprint density at radius 2 is 1.83 bits per heavy atom. The van der Waals surface area contributed by atoms with Crippen LogP contribution in [0.4, 0.5) is 10.5 Å². The number of benzene rings is 1. The SMILES string of the molecule is CC1CN(C(=O)Nc2cccc(S(=O)(=O)N3CCCCCC3)c2)CC(C2CC2)O1. The number of amides is 2. The lowest BCUT2D eigenvalue weighted by Gasteiger charge is -2.37. The summed E-state index contributed by atoms with van der Waals surface area (Å²) in [6.07, 6.45) is 6.39. The van der Waals surface area contributed by atoms with Crippen molar-refractivity contribution in [1.29, 1.82) is 0 Å². The normalized spacial score (nSPS) is 26.7. The largest absolute Gasteiger partial charge is 0.371 e. The van der Waals surface area contributed by atoms with Gasteiger partial charge in [0.15, 0.2) is 0 Å². The summed E-state index contributed by atoms with van der Waals surface area (Å²) in [5.74, 6) is 0.565. The maximum absolute atomic E-state index is 13.0. The Morgan fingerprint density at radius 1 is 1.10 bits per heavy atom. The van der Waals surface area contributed by atoms with E-state index >= 15 is 0 Å². The Bertz CT molecular complexity index is 832. The fourth-order valence-electron chi connectivity index (χ4n) is 4.25. The van der Waals surface area contributed by atoms with Crippen LogP contribution < -0.4 is 5.32 Å². The quantitative estimate of drug-likeness (QED) is 0.809. The minimum absolute atomic E-state index is 0.00912. The maximum Gasteiger partial charge on any atom is 0.322 e. The van der Waals surface area contributed by atoms with Crippen LogP contribution in [0.1, 0.15) is 45.4 Å². The van der Waals surface area contributed by atoms with Crippen LogP contribution in [0.5, 0.6) is 0 Å². The van der Waals surface area contributed by atoms with Crippen molar-refractivity contribution in [3.8, 4) is 0 Å². The van der Waals surface area contributed by atoms with Crippen molar-refractivity contribution in [2.24, 2.45) is 5.92 Å². The summed E-state index contributed by atoms with van der Waals surface area (Å²) in [4.78, 5) is 14.8. The number of hydrogen-bond acceptors (Lipinski definition) is 4. The first-order valence-corrected chi connectivity index (χ1v) is 12.2. The molecule has 3 fully saturated rings.